The first-order chi connectivity index (χ1) is 9.61. The lowest BCUT2D eigenvalue weighted by atomic mass is 10.2. The molecular formula is C15H14FNO2S. The van der Waals surface area contributed by atoms with Gasteiger partial charge in [-0.3, -0.25) is 0 Å². The van der Waals surface area contributed by atoms with Crippen molar-refractivity contribution in [1.29, 1.82) is 0 Å². The lowest BCUT2D eigenvalue weighted by Crippen LogP contribution is -2.05. The molecule has 2 N–H and O–H groups in total. The molecule has 20 heavy (non-hydrogen) atoms. The average molecular weight is 291 g/mol. The van der Waals surface area contributed by atoms with Crippen molar-refractivity contribution in [2.45, 2.75) is 16.7 Å². The van der Waals surface area contributed by atoms with Gasteiger partial charge in [0.25, 0.3) is 0 Å². The van der Waals surface area contributed by atoms with Gasteiger partial charge >= 0.3 is 5.97 Å². The smallest absolute Gasteiger partial charge is 0.338 e. The van der Waals surface area contributed by atoms with Crippen LogP contribution in [-0.2, 0) is 4.74 Å². The molecule has 0 spiro atoms. The highest BCUT2D eigenvalue weighted by Gasteiger charge is 2.11. The van der Waals surface area contributed by atoms with Gasteiger partial charge in [0.2, 0.25) is 0 Å². The summed E-state index contributed by atoms with van der Waals surface area (Å²) in [6.45, 7) is 2.04. The molecule has 0 fully saturated rings. The van der Waals surface area contributed by atoms with Crippen molar-refractivity contribution in [2.24, 2.45) is 0 Å². The molecule has 5 heteroatoms. The first-order valence-corrected chi connectivity index (χ1v) is 6.92. The molecule has 0 heterocycles. The van der Waals surface area contributed by atoms with Gasteiger partial charge in [0.15, 0.2) is 0 Å². The predicted octanol–water partition coefficient (Wildman–Crippen LogP) is 3.74. The van der Waals surface area contributed by atoms with Crippen molar-refractivity contribution < 1.29 is 13.9 Å². The maximum absolute atomic E-state index is 13.6. The number of hydrogen-bond acceptors (Lipinski definition) is 4. The molecule has 0 unspecified atom stereocenters. The molecule has 0 atom stereocenters. The van der Waals surface area contributed by atoms with Crippen LogP contribution >= 0.6 is 11.8 Å². The third kappa shape index (κ3) is 3.30. The van der Waals surface area contributed by atoms with Gasteiger partial charge in [-0.05, 0) is 37.3 Å². The van der Waals surface area contributed by atoms with E-state index in [1.807, 2.05) is 0 Å². The van der Waals surface area contributed by atoms with E-state index in [2.05, 4.69) is 0 Å². The third-order valence-electron chi connectivity index (χ3n) is 2.58. The first kappa shape index (κ1) is 14.4. The monoisotopic (exact) mass is 291 g/mol. The number of benzene rings is 2. The van der Waals surface area contributed by atoms with Crippen molar-refractivity contribution in [1.82, 2.24) is 0 Å². The Hall–Kier alpha value is -2.01. The van der Waals surface area contributed by atoms with Crippen molar-refractivity contribution in [3.05, 3.63) is 53.8 Å². The van der Waals surface area contributed by atoms with Crippen LogP contribution in [0.3, 0.4) is 0 Å². The van der Waals surface area contributed by atoms with E-state index < -0.39 is 5.97 Å². The molecule has 0 aromatic heterocycles. The number of esters is 1. The lowest BCUT2D eigenvalue weighted by molar-refractivity contribution is 0.0526. The highest BCUT2D eigenvalue weighted by Crippen LogP contribution is 2.34. The minimum absolute atomic E-state index is 0.305. The first-order valence-electron chi connectivity index (χ1n) is 6.11. The van der Waals surface area contributed by atoms with Gasteiger partial charge in [0, 0.05) is 15.5 Å². The molecule has 0 saturated carbocycles. The van der Waals surface area contributed by atoms with Crippen molar-refractivity contribution in [3.63, 3.8) is 0 Å². The molecule has 2 rings (SSSR count). The fraction of sp³-hybridized carbons (Fsp3) is 0.133. The second-order valence-electron chi connectivity index (χ2n) is 4.01. The number of nitrogen functional groups attached to an aromatic ring is 1. The van der Waals surface area contributed by atoms with Gasteiger partial charge < -0.3 is 10.5 Å². The Balaban J connectivity index is 2.30. The summed E-state index contributed by atoms with van der Waals surface area (Å²) in [7, 11) is 0. The van der Waals surface area contributed by atoms with Crippen molar-refractivity contribution in [2.75, 3.05) is 12.3 Å². The zero-order valence-corrected chi connectivity index (χ0v) is 11.7. The van der Waals surface area contributed by atoms with Gasteiger partial charge in [-0.25, -0.2) is 9.18 Å². The molecule has 3 nitrogen and oxygen atoms in total. The minimum Gasteiger partial charge on any atom is -0.462 e. The molecule has 0 aliphatic heterocycles. The maximum atomic E-state index is 13.6. The quantitative estimate of drug-likeness (QED) is 0.688. The number of carbonyl (C=O) groups is 1. The standard InChI is InChI=1S/C15H14FNO2S/c1-2-19-15(18)10-7-8-12(17)14(9-10)20-13-6-4-3-5-11(13)16/h3-9H,2,17H2,1H3. The van der Waals surface area contributed by atoms with E-state index in [1.54, 1.807) is 43.3 Å². The van der Waals surface area contributed by atoms with E-state index in [0.717, 1.165) is 0 Å². The zero-order valence-electron chi connectivity index (χ0n) is 10.9. The Bertz CT molecular complexity index is 631. The van der Waals surface area contributed by atoms with Crippen LogP contribution in [0.5, 0.6) is 0 Å². The van der Waals surface area contributed by atoms with Crippen LogP contribution < -0.4 is 5.73 Å². The lowest BCUT2D eigenvalue weighted by Gasteiger charge is -2.08. The molecule has 0 aliphatic rings. The fourth-order valence-corrected chi connectivity index (χ4v) is 2.53. The van der Waals surface area contributed by atoms with Gasteiger partial charge in [-0.1, -0.05) is 23.9 Å². The normalized spacial score (nSPS) is 10.3. The van der Waals surface area contributed by atoms with E-state index >= 15 is 0 Å². The van der Waals surface area contributed by atoms with Gasteiger partial charge in [-0.2, -0.15) is 0 Å². The van der Waals surface area contributed by atoms with Crippen LogP contribution in [0.25, 0.3) is 0 Å². The number of anilines is 1. The van der Waals surface area contributed by atoms with Crippen LogP contribution in [0.4, 0.5) is 10.1 Å². The van der Waals surface area contributed by atoms with Crippen LogP contribution in [0.15, 0.2) is 52.3 Å². The number of carbonyl (C=O) groups excluding carboxylic acids is 1. The second-order valence-corrected chi connectivity index (χ2v) is 5.09. The van der Waals surface area contributed by atoms with Gasteiger partial charge in [-0.15, -0.1) is 0 Å². The topological polar surface area (TPSA) is 52.3 Å². The van der Waals surface area contributed by atoms with Gasteiger partial charge in [0.1, 0.15) is 5.82 Å². The molecular weight excluding hydrogens is 277 g/mol. The average Bonchev–Trinajstić information content (AvgIpc) is 2.44. The van der Waals surface area contributed by atoms with E-state index in [1.165, 1.54) is 17.8 Å². The SMILES string of the molecule is CCOC(=O)c1ccc(N)c(Sc2ccccc2F)c1. The van der Waals surface area contributed by atoms with E-state index in [9.17, 15) is 9.18 Å². The van der Waals surface area contributed by atoms with Crippen molar-refractivity contribution in [3.8, 4) is 0 Å². The third-order valence-corrected chi connectivity index (χ3v) is 3.71. The van der Waals surface area contributed by atoms with Crippen LogP contribution in [0.1, 0.15) is 17.3 Å². The summed E-state index contributed by atoms with van der Waals surface area (Å²) >= 11 is 1.18. The number of hydrogen-bond donors (Lipinski definition) is 1. The fourth-order valence-electron chi connectivity index (χ4n) is 1.61. The predicted molar refractivity (Wildman–Crippen MR) is 77.3 cm³/mol. The van der Waals surface area contributed by atoms with E-state index in [0.29, 0.717) is 27.6 Å². The summed E-state index contributed by atoms with van der Waals surface area (Å²) in [5.74, 6) is -0.735. The molecule has 0 saturated heterocycles. The Morgan fingerprint density at radius 2 is 2.00 bits per heavy atom. The molecule has 2 aromatic rings. The number of nitrogens with two attached hydrogens (primary N) is 1. The highest BCUT2D eigenvalue weighted by atomic mass is 32.2. The van der Waals surface area contributed by atoms with Crippen LogP contribution in [0.2, 0.25) is 0 Å². The minimum atomic E-state index is -0.414. The largest absolute Gasteiger partial charge is 0.462 e. The van der Waals surface area contributed by atoms with E-state index in [-0.39, 0.29) is 5.82 Å². The molecule has 0 amide bonds. The van der Waals surface area contributed by atoms with E-state index in [4.69, 9.17) is 10.5 Å². The Labute approximate surface area is 120 Å². The number of ether oxygens (including phenoxy) is 1. The Kier molecular flexibility index (Phi) is 4.63. The Morgan fingerprint density at radius 3 is 2.70 bits per heavy atom. The number of halogens is 1. The van der Waals surface area contributed by atoms with Crippen molar-refractivity contribution >= 4 is 23.4 Å². The van der Waals surface area contributed by atoms with Gasteiger partial charge in [0.05, 0.1) is 12.2 Å². The van der Waals surface area contributed by atoms with Crippen LogP contribution in [-0.4, -0.2) is 12.6 Å². The highest BCUT2D eigenvalue weighted by molar-refractivity contribution is 7.99. The molecule has 104 valence electrons. The summed E-state index contributed by atoms with van der Waals surface area (Å²) in [6.07, 6.45) is 0. The zero-order chi connectivity index (χ0) is 14.5. The molecule has 0 bridgehead atoms. The summed E-state index contributed by atoms with van der Waals surface area (Å²) < 4.78 is 18.6. The maximum Gasteiger partial charge on any atom is 0.338 e. The molecule has 0 radical (unpaired) electrons. The molecule has 2 aromatic carbocycles. The Morgan fingerprint density at radius 1 is 1.25 bits per heavy atom. The molecule has 0 aliphatic carbocycles. The second kappa shape index (κ2) is 6.43. The summed E-state index contributed by atoms with van der Waals surface area (Å²) in [6, 6.07) is 11.2. The van der Waals surface area contributed by atoms with Crippen LogP contribution in [0, 0.1) is 5.82 Å². The summed E-state index contributed by atoms with van der Waals surface area (Å²) in [5.41, 5.74) is 6.76. The number of rotatable bonds is 4. The summed E-state index contributed by atoms with van der Waals surface area (Å²) in [4.78, 5) is 12.8. The summed E-state index contributed by atoms with van der Waals surface area (Å²) in [5, 5.41) is 0.